The van der Waals surface area contributed by atoms with Crippen molar-refractivity contribution >= 4 is 21.7 Å². The summed E-state index contributed by atoms with van der Waals surface area (Å²) in [7, 11) is 1.67. The van der Waals surface area contributed by atoms with Gasteiger partial charge < -0.3 is 25.4 Å². The monoisotopic (exact) mass is 467 g/mol. The molecule has 2 saturated heterocycles. The number of fused-ring (bicyclic) bond motifs is 1. The molecule has 4 rings (SSSR count). The SMILES string of the molecule is C[N+](C)(C)c1cc(-c2ccc(S(N)(=O)=O)cc2)c(C(N)=O)n1[C@@]1(O)CO[C@@H]2[C@H](O)CO[C@@H]21. The average Bonchev–Trinajstić information content (AvgIpc) is 3.35. The van der Waals surface area contributed by atoms with Gasteiger partial charge in [-0.05, 0) is 17.7 Å². The van der Waals surface area contributed by atoms with Crippen LogP contribution >= 0.6 is 0 Å². The predicted octanol–water partition coefficient (Wildman–Crippen LogP) is -1.10. The number of primary sulfonamides is 1. The molecule has 0 radical (unpaired) electrons. The molecular weight excluding hydrogens is 440 g/mol. The molecule has 0 aliphatic carbocycles. The van der Waals surface area contributed by atoms with Crippen molar-refractivity contribution in [3.8, 4) is 11.1 Å². The van der Waals surface area contributed by atoms with Crippen molar-refractivity contribution in [3.63, 3.8) is 0 Å². The summed E-state index contributed by atoms with van der Waals surface area (Å²) < 4.78 is 36.1. The number of carbonyl (C=O) groups excluding carboxylic acids is 1. The van der Waals surface area contributed by atoms with Crippen molar-refractivity contribution < 1.29 is 32.9 Å². The van der Waals surface area contributed by atoms with Gasteiger partial charge in [-0.2, -0.15) is 0 Å². The number of carbonyl (C=O) groups is 1. The maximum Gasteiger partial charge on any atom is 0.266 e. The molecule has 0 unspecified atom stereocenters. The van der Waals surface area contributed by atoms with Crippen molar-refractivity contribution in [3.05, 3.63) is 36.0 Å². The van der Waals surface area contributed by atoms with Gasteiger partial charge in [0, 0.05) is 11.6 Å². The number of nitrogens with two attached hydrogens (primary N) is 2. The Bertz CT molecular complexity index is 1170. The fourth-order valence-electron chi connectivity index (χ4n) is 4.35. The number of hydrogen-bond acceptors (Lipinski definition) is 7. The first-order valence-electron chi connectivity index (χ1n) is 9.90. The Morgan fingerprint density at radius 2 is 1.84 bits per heavy atom. The average molecular weight is 468 g/mol. The van der Waals surface area contributed by atoms with Crippen LogP contribution in [0.15, 0.2) is 35.2 Å². The van der Waals surface area contributed by atoms with Crippen LogP contribution in [-0.4, -0.2) is 81.8 Å². The smallest absolute Gasteiger partial charge is 0.266 e. The van der Waals surface area contributed by atoms with Crippen molar-refractivity contribution in [1.29, 1.82) is 0 Å². The van der Waals surface area contributed by atoms with Crippen LogP contribution < -0.4 is 15.4 Å². The zero-order valence-corrected chi connectivity index (χ0v) is 18.7. The van der Waals surface area contributed by atoms with Crippen LogP contribution in [0, 0.1) is 0 Å². The van der Waals surface area contributed by atoms with E-state index in [1.54, 1.807) is 6.07 Å². The molecule has 174 valence electrons. The van der Waals surface area contributed by atoms with E-state index in [1.807, 2.05) is 21.1 Å². The summed E-state index contributed by atoms with van der Waals surface area (Å²) in [5.41, 5.74) is 4.89. The van der Waals surface area contributed by atoms with E-state index in [1.165, 1.54) is 28.8 Å². The molecule has 2 aliphatic heterocycles. The van der Waals surface area contributed by atoms with Crippen LogP contribution in [0.2, 0.25) is 0 Å². The number of primary amides is 1. The van der Waals surface area contributed by atoms with Crippen molar-refractivity contribution in [2.45, 2.75) is 28.9 Å². The lowest BCUT2D eigenvalue weighted by atomic mass is 10.0. The van der Waals surface area contributed by atoms with Gasteiger partial charge in [-0.1, -0.05) is 12.1 Å². The second-order valence-corrected chi connectivity index (χ2v) is 10.6. The molecule has 1 aromatic carbocycles. The molecule has 4 atom stereocenters. The summed E-state index contributed by atoms with van der Waals surface area (Å²) >= 11 is 0. The summed E-state index contributed by atoms with van der Waals surface area (Å²) in [6.07, 6.45) is -2.56. The third kappa shape index (κ3) is 3.53. The van der Waals surface area contributed by atoms with Crippen molar-refractivity contribution in [2.24, 2.45) is 10.9 Å². The number of amides is 1. The maximum absolute atomic E-state index is 12.7. The molecule has 32 heavy (non-hydrogen) atoms. The number of benzene rings is 1. The van der Waals surface area contributed by atoms with Crippen LogP contribution in [0.25, 0.3) is 11.1 Å². The number of aliphatic hydroxyl groups is 2. The molecule has 1 amide bonds. The highest BCUT2D eigenvalue weighted by molar-refractivity contribution is 7.89. The second kappa shape index (κ2) is 7.35. The largest absolute Gasteiger partial charge is 0.388 e. The van der Waals surface area contributed by atoms with Crippen LogP contribution in [0.1, 0.15) is 10.5 Å². The first-order valence-corrected chi connectivity index (χ1v) is 11.4. The van der Waals surface area contributed by atoms with Gasteiger partial charge in [0.15, 0.2) is 5.72 Å². The molecule has 3 heterocycles. The minimum Gasteiger partial charge on any atom is -0.388 e. The van der Waals surface area contributed by atoms with Gasteiger partial charge in [0.05, 0.1) is 39.3 Å². The second-order valence-electron chi connectivity index (χ2n) is 9.02. The molecule has 0 spiro atoms. The van der Waals surface area contributed by atoms with Crippen molar-refractivity contribution in [1.82, 2.24) is 9.05 Å². The molecule has 12 heteroatoms. The lowest BCUT2D eigenvalue weighted by Crippen LogP contribution is -2.50. The number of hydrogen-bond donors (Lipinski definition) is 4. The third-order valence-corrected chi connectivity index (χ3v) is 6.78. The first kappa shape index (κ1) is 22.9. The minimum absolute atomic E-state index is 0.00753. The predicted molar refractivity (Wildman–Crippen MR) is 115 cm³/mol. The Labute approximate surface area is 185 Å². The lowest BCUT2D eigenvalue weighted by molar-refractivity contribution is -0.124. The molecule has 0 bridgehead atoms. The number of rotatable bonds is 5. The van der Waals surface area contributed by atoms with Crippen LogP contribution in [0.4, 0.5) is 5.82 Å². The topological polar surface area (TPSA) is 167 Å². The van der Waals surface area contributed by atoms with Gasteiger partial charge in [0.1, 0.15) is 24.0 Å². The summed E-state index contributed by atoms with van der Waals surface area (Å²) in [5.74, 6) is -0.272. The highest BCUT2D eigenvalue weighted by Crippen LogP contribution is 2.44. The van der Waals surface area contributed by atoms with Crippen LogP contribution in [0.3, 0.4) is 0 Å². The standard InChI is InChI=1S/C20H26N4O7S/c1-24(2,3)15-8-13(11-4-6-12(7-5-11)32(22,28)29)16(19(21)26)23(15)20(27)10-31-17-14(25)9-30-18(17)20/h4-8,14,17-18,25,27H,9-10H2,1-3H3,(H3-,21,22,26,28,29)/p+1/t14-,17-,18+,20-/m1/s1. The van der Waals surface area contributed by atoms with Gasteiger partial charge in [0.2, 0.25) is 15.8 Å². The summed E-state index contributed by atoms with van der Waals surface area (Å²) in [6, 6.07) is 7.40. The van der Waals surface area contributed by atoms with E-state index >= 15 is 0 Å². The Morgan fingerprint density at radius 3 is 2.38 bits per heavy atom. The normalized spacial score (nSPS) is 28.1. The molecule has 2 aliphatic rings. The number of aromatic nitrogens is 1. The molecule has 0 saturated carbocycles. The summed E-state index contributed by atoms with van der Waals surface area (Å²) in [6.45, 7) is -0.225. The zero-order valence-electron chi connectivity index (χ0n) is 17.9. The highest BCUT2D eigenvalue weighted by Gasteiger charge is 2.59. The lowest BCUT2D eigenvalue weighted by Gasteiger charge is -2.34. The number of sulfonamides is 1. The number of quaternary nitrogens is 1. The van der Waals surface area contributed by atoms with Crippen LogP contribution in [-0.2, 0) is 25.2 Å². The summed E-state index contributed by atoms with van der Waals surface area (Å²) in [4.78, 5) is 12.6. The fourth-order valence-corrected chi connectivity index (χ4v) is 4.87. The van der Waals surface area contributed by atoms with Gasteiger partial charge in [0.25, 0.3) is 5.91 Å². The van der Waals surface area contributed by atoms with Crippen molar-refractivity contribution in [2.75, 3.05) is 34.4 Å². The third-order valence-electron chi connectivity index (χ3n) is 5.85. The van der Waals surface area contributed by atoms with E-state index < -0.39 is 40.0 Å². The van der Waals surface area contributed by atoms with E-state index in [0.717, 1.165) is 0 Å². The van der Waals surface area contributed by atoms with E-state index in [-0.39, 0.29) is 28.3 Å². The van der Waals surface area contributed by atoms with Gasteiger partial charge in [-0.15, -0.1) is 0 Å². The molecule has 6 N–H and O–H groups in total. The molecule has 1 aromatic heterocycles. The number of aliphatic hydroxyl groups excluding tert-OH is 1. The van der Waals surface area contributed by atoms with E-state index in [2.05, 4.69) is 0 Å². The van der Waals surface area contributed by atoms with E-state index in [0.29, 0.717) is 16.9 Å². The van der Waals surface area contributed by atoms with Crippen LogP contribution in [0.5, 0.6) is 0 Å². The quantitative estimate of drug-likeness (QED) is 0.405. The molecular formula is C20H27N4O7S+. The van der Waals surface area contributed by atoms with E-state index in [4.69, 9.17) is 20.3 Å². The molecule has 2 aromatic rings. The fraction of sp³-hybridized carbons (Fsp3) is 0.450. The Hall–Kier alpha value is -2.32. The highest BCUT2D eigenvalue weighted by atomic mass is 32.2. The molecule has 2 fully saturated rings. The zero-order chi connectivity index (χ0) is 23.6. The number of nitrogens with zero attached hydrogens (tertiary/aromatic N) is 2. The Morgan fingerprint density at radius 1 is 1.22 bits per heavy atom. The Kier molecular flexibility index (Phi) is 5.25. The molecule has 11 nitrogen and oxygen atoms in total. The minimum atomic E-state index is -3.89. The van der Waals surface area contributed by atoms with Gasteiger partial charge in [-0.3, -0.25) is 13.8 Å². The first-order chi connectivity index (χ1) is 14.7. The van der Waals surface area contributed by atoms with Gasteiger partial charge in [-0.25, -0.2) is 13.6 Å². The van der Waals surface area contributed by atoms with E-state index in [9.17, 15) is 23.4 Å². The Balaban J connectivity index is 1.95. The number of ether oxygens (including phenoxy) is 2. The maximum atomic E-state index is 12.7. The van der Waals surface area contributed by atoms with Gasteiger partial charge >= 0.3 is 0 Å². The summed E-state index contributed by atoms with van der Waals surface area (Å²) in [5, 5.41) is 27.0.